The van der Waals surface area contributed by atoms with Crippen LogP contribution in [0.15, 0.2) is 36.8 Å². The Kier molecular flexibility index (Phi) is 6.89. The standard InChI is InChI=1S/C18H22N4O/c19-12-16-7-4-6-15(11-16)5-2-1-3-8-18(23)21-10-9-17-13-20-14-22-17/h4,6-7,11,13-14H,1,3,8-10,12,19H2,(H,20,22)(H,21,23). The Balaban J connectivity index is 1.61. The quantitative estimate of drug-likeness (QED) is 0.538. The number of nitrogens with one attached hydrogen (secondary N) is 2. The van der Waals surface area contributed by atoms with E-state index in [1.165, 1.54) is 0 Å². The molecule has 2 aromatic rings. The molecule has 120 valence electrons. The summed E-state index contributed by atoms with van der Waals surface area (Å²) >= 11 is 0. The first-order valence-electron chi connectivity index (χ1n) is 7.80. The fourth-order valence-corrected chi connectivity index (χ4v) is 2.12. The summed E-state index contributed by atoms with van der Waals surface area (Å²) < 4.78 is 0. The monoisotopic (exact) mass is 310 g/mol. The Morgan fingerprint density at radius 1 is 1.39 bits per heavy atom. The molecule has 0 saturated heterocycles. The van der Waals surface area contributed by atoms with Crippen molar-refractivity contribution in [3.63, 3.8) is 0 Å². The highest BCUT2D eigenvalue weighted by Crippen LogP contribution is 2.03. The highest BCUT2D eigenvalue weighted by molar-refractivity contribution is 5.75. The van der Waals surface area contributed by atoms with Crippen LogP contribution in [0.1, 0.15) is 36.1 Å². The molecule has 5 heteroatoms. The van der Waals surface area contributed by atoms with Gasteiger partial charge in [-0.1, -0.05) is 24.0 Å². The number of H-pyrrole nitrogens is 1. The average Bonchev–Trinajstić information content (AvgIpc) is 3.08. The third-order valence-corrected chi connectivity index (χ3v) is 3.37. The molecule has 5 nitrogen and oxygen atoms in total. The van der Waals surface area contributed by atoms with Gasteiger partial charge in [0.2, 0.25) is 5.91 Å². The summed E-state index contributed by atoms with van der Waals surface area (Å²) in [6.07, 6.45) is 6.14. The highest BCUT2D eigenvalue weighted by Gasteiger charge is 2.00. The van der Waals surface area contributed by atoms with Gasteiger partial charge in [-0.05, 0) is 24.1 Å². The summed E-state index contributed by atoms with van der Waals surface area (Å²) in [5.41, 5.74) is 8.67. The maximum atomic E-state index is 11.7. The van der Waals surface area contributed by atoms with Gasteiger partial charge in [0.05, 0.1) is 6.33 Å². The molecule has 0 bridgehead atoms. The second kappa shape index (κ2) is 9.44. The van der Waals surface area contributed by atoms with Crippen molar-refractivity contribution in [1.82, 2.24) is 15.3 Å². The highest BCUT2D eigenvalue weighted by atomic mass is 16.1. The summed E-state index contributed by atoms with van der Waals surface area (Å²) in [4.78, 5) is 18.6. The van der Waals surface area contributed by atoms with Crippen molar-refractivity contribution in [2.75, 3.05) is 6.54 Å². The van der Waals surface area contributed by atoms with Gasteiger partial charge in [-0.25, -0.2) is 4.98 Å². The second-order valence-electron chi connectivity index (χ2n) is 5.24. The number of aromatic nitrogens is 2. The first kappa shape index (κ1) is 16.8. The fourth-order valence-electron chi connectivity index (χ4n) is 2.12. The normalized spacial score (nSPS) is 9.96. The lowest BCUT2D eigenvalue weighted by molar-refractivity contribution is -0.121. The number of nitrogens with two attached hydrogens (primary N) is 1. The molecule has 0 unspecified atom stereocenters. The predicted molar refractivity (Wildman–Crippen MR) is 90.4 cm³/mol. The van der Waals surface area contributed by atoms with Gasteiger partial charge in [0.15, 0.2) is 0 Å². The lowest BCUT2D eigenvalue weighted by Gasteiger charge is -2.02. The van der Waals surface area contributed by atoms with Crippen LogP contribution in [0.25, 0.3) is 0 Å². The molecule has 1 amide bonds. The summed E-state index contributed by atoms with van der Waals surface area (Å²) in [6, 6.07) is 7.90. The largest absolute Gasteiger partial charge is 0.356 e. The molecule has 0 fully saturated rings. The molecule has 0 aliphatic rings. The second-order valence-corrected chi connectivity index (χ2v) is 5.24. The van der Waals surface area contributed by atoms with E-state index >= 15 is 0 Å². The van der Waals surface area contributed by atoms with E-state index in [0.717, 1.165) is 29.7 Å². The Hall–Kier alpha value is -2.58. The van der Waals surface area contributed by atoms with Crippen molar-refractivity contribution < 1.29 is 4.79 Å². The maximum absolute atomic E-state index is 11.7. The van der Waals surface area contributed by atoms with Crippen LogP contribution >= 0.6 is 0 Å². The maximum Gasteiger partial charge on any atom is 0.220 e. The first-order valence-corrected chi connectivity index (χ1v) is 7.80. The number of nitrogens with zero attached hydrogens (tertiary/aromatic N) is 1. The van der Waals surface area contributed by atoms with Crippen LogP contribution in [0.3, 0.4) is 0 Å². The number of aromatic amines is 1. The number of unbranched alkanes of at least 4 members (excludes halogenated alkanes) is 1. The molecule has 1 aromatic carbocycles. The van der Waals surface area contributed by atoms with Crippen molar-refractivity contribution in [3.05, 3.63) is 53.6 Å². The molecule has 4 N–H and O–H groups in total. The first-order chi connectivity index (χ1) is 11.3. The minimum atomic E-state index is 0.0662. The van der Waals surface area contributed by atoms with Crippen molar-refractivity contribution in [2.24, 2.45) is 5.73 Å². The van der Waals surface area contributed by atoms with E-state index in [1.54, 1.807) is 12.5 Å². The van der Waals surface area contributed by atoms with Crippen LogP contribution in [0.5, 0.6) is 0 Å². The molecule has 0 atom stereocenters. The topological polar surface area (TPSA) is 83.8 Å². The van der Waals surface area contributed by atoms with Gasteiger partial charge in [-0.3, -0.25) is 4.79 Å². The van der Waals surface area contributed by atoms with Crippen molar-refractivity contribution in [3.8, 4) is 11.8 Å². The molecular weight excluding hydrogens is 288 g/mol. The molecule has 0 radical (unpaired) electrons. The van der Waals surface area contributed by atoms with Crippen LogP contribution in [0, 0.1) is 11.8 Å². The molecule has 0 aliphatic carbocycles. The third kappa shape index (κ3) is 6.37. The minimum absolute atomic E-state index is 0.0662. The van der Waals surface area contributed by atoms with Gasteiger partial charge in [-0.2, -0.15) is 0 Å². The van der Waals surface area contributed by atoms with E-state index in [0.29, 0.717) is 25.9 Å². The average molecular weight is 310 g/mol. The van der Waals surface area contributed by atoms with Crippen molar-refractivity contribution in [2.45, 2.75) is 32.2 Å². The van der Waals surface area contributed by atoms with E-state index in [-0.39, 0.29) is 5.91 Å². The predicted octanol–water partition coefficient (Wildman–Crippen LogP) is 1.75. The number of carbonyl (C=O) groups excluding carboxylic acids is 1. The smallest absolute Gasteiger partial charge is 0.220 e. The van der Waals surface area contributed by atoms with E-state index in [1.807, 2.05) is 24.3 Å². The lowest BCUT2D eigenvalue weighted by Crippen LogP contribution is -2.25. The van der Waals surface area contributed by atoms with Crippen LogP contribution in [-0.4, -0.2) is 22.4 Å². The van der Waals surface area contributed by atoms with Crippen molar-refractivity contribution >= 4 is 5.91 Å². The third-order valence-electron chi connectivity index (χ3n) is 3.37. The zero-order valence-electron chi connectivity index (χ0n) is 13.1. The number of rotatable bonds is 7. The lowest BCUT2D eigenvalue weighted by atomic mass is 10.1. The Bertz CT molecular complexity index is 668. The zero-order valence-corrected chi connectivity index (χ0v) is 13.1. The van der Waals surface area contributed by atoms with E-state index in [9.17, 15) is 4.79 Å². The molecule has 2 rings (SSSR count). The Morgan fingerprint density at radius 2 is 2.30 bits per heavy atom. The van der Waals surface area contributed by atoms with Gasteiger partial charge < -0.3 is 16.0 Å². The Labute approximate surface area is 136 Å². The van der Waals surface area contributed by atoms with Gasteiger partial charge >= 0.3 is 0 Å². The van der Waals surface area contributed by atoms with Crippen LogP contribution in [0.4, 0.5) is 0 Å². The summed E-state index contributed by atoms with van der Waals surface area (Å²) in [5.74, 6) is 6.28. The van der Waals surface area contributed by atoms with Gasteiger partial charge in [0, 0.05) is 49.8 Å². The van der Waals surface area contributed by atoms with Crippen LogP contribution < -0.4 is 11.1 Å². The summed E-state index contributed by atoms with van der Waals surface area (Å²) in [5, 5.41) is 2.90. The van der Waals surface area contributed by atoms with E-state index in [4.69, 9.17) is 5.73 Å². The molecule has 1 heterocycles. The van der Waals surface area contributed by atoms with E-state index in [2.05, 4.69) is 27.1 Å². The number of hydrogen-bond acceptors (Lipinski definition) is 3. The molecular formula is C18H22N4O. The van der Waals surface area contributed by atoms with Crippen molar-refractivity contribution in [1.29, 1.82) is 0 Å². The summed E-state index contributed by atoms with van der Waals surface area (Å²) in [6.45, 7) is 1.15. The van der Waals surface area contributed by atoms with Crippen LogP contribution in [-0.2, 0) is 17.8 Å². The SMILES string of the molecule is NCc1cccc(C#CCCCC(=O)NCCc2cnc[nH]2)c1. The number of amides is 1. The van der Waals surface area contributed by atoms with E-state index < -0.39 is 0 Å². The molecule has 0 spiro atoms. The van der Waals surface area contributed by atoms with Crippen LogP contribution in [0.2, 0.25) is 0 Å². The number of benzene rings is 1. The Morgan fingerprint density at radius 3 is 3.09 bits per heavy atom. The number of carbonyl (C=O) groups is 1. The zero-order chi connectivity index (χ0) is 16.3. The molecule has 0 aliphatic heterocycles. The van der Waals surface area contributed by atoms with Gasteiger partial charge in [0.1, 0.15) is 0 Å². The van der Waals surface area contributed by atoms with Gasteiger partial charge in [0.25, 0.3) is 0 Å². The fraction of sp³-hybridized carbons (Fsp3) is 0.333. The number of imidazole rings is 1. The van der Waals surface area contributed by atoms with Gasteiger partial charge in [-0.15, -0.1) is 0 Å². The molecule has 1 aromatic heterocycles. The number of hydrogen-bond donors (Lipinski definition) is 3. The minimum Gasteiger partial charge on any atom is -0.356 e. The molecule has 0 saturated carbocycles. The summed E-state index contributed by atoms with van der Waals surface area (Å²) in [7, 11) is 0. The molecule has 23 heavy (non-hydrogen) atoms.